The first kappa shape index (κ1) is 18.9. The summed E-state index contributed by atoms with van der Waals surface area (Å²) >= 11 is 0. The summed E-state index contributed by atoms with van der Waals surface area (Å²) in [5.41, 5.74) is 6.50. The lowest BCUT2D eigenvalue weighted by Crippen LogP contribution is -2.46. The smallest absolute Gasteiger partial charge is 0.269 e. The molecular formula is C18H19N3O5. The quantitative estimate of drug-likeness (QED) is 0.545. The van der Waals surface area contributed by atoms with Crippen LogP contribution >= 0.6 is 0 Å². The van der Waals surface area contributed by atoms with Gasteiger partial charge in [-0.05, 0) is 17.2 Å². The van der Waals surface area contributed by atoms with Crippen molar-refractivity contribution >= 4 is 17.5 Å². The van der Waals surface area contributed by atoms with Crippen LogP contribution in [0.1, 0.15) is 11.1 Å². The predicted molar refractivity (Wildman–Crippen MR) is 94.6 cm³/mol. The number of nitrogens with two attached hydrogens (primary N) is 1. The third kappa shape index (κ3) is 5.04. The minimum absolute atomic E-state index is 0.0998. The second-order valence-corrected chi connectivity index (χ2v) is 5.64. The molecule has 0 aliphatic rings. The molecule has 0 fully saturated rings. The van der Waals surface area contributed by atoms with E-state index in [1.165, 1.54) is 25.3 Å². The van der Waals surface area contributed by atoms with Gasteiger partial charge in [0.1, 0.15) is 11.8 Å². The largest absolute Gasteiger partial charge is 0.496 e. The number of nitro groups is 1. The van der Waals surface area contributed by atoms with Crippen LogP contribution < -0.4 is 15.8 Å². The van der Waals surface area contributed by atoms with Gasteiger partial charge < -0.3 is 15.8 Å². The second kappa shape index (κ2) is 8.61. The van der Waals surface area contributed by atoms with E-state index in [4.69, 9.17) is 10.5 Å². The van der Waals surface area contributed by atoms with Crippen molar-refractivity contribution in [2.75, 3.05) is 7.11 Å². The van der Waals surface area contributed by atoms with Crippen molar-refractivity contribution < 1.29 is 19.2 Å². The summed E-state index contributed by atoms with van der Waals surface area (Å²) in [5.74, 6) is -0.542. The average molecular weight is 357 g/mol. The molecular weight excluding hydrogens is 338 g/mol. The number of rotatable bonds is 8. The van der Waals surface area contributed by atoms with Crippen LogP contribution in [-0.4, -0.2) is 29.9 Å². The SMILES string of the molecule is COc1ccccc1C[C@@H](NC(=O)Cc1cccc([N+](=O)[O-])c1)C(N)=O. The topological polar surface area (TPSA) is 125 Å². The fourth-order valence-electron chi connectivity index (χ4n) is 2.53. The molecule has 2 rings (SSSR count). The van der Waals surface area contributed by atoms with Crippen molar-refractivity contribution in [3.05, 3.63) is 69.8 Å². The predicted octanol–water partition coefficient (Wildman–Crippen LogP) is 1.36. The van der Waals surface area contributed by atoms with Gasteiger partial charge in [0, 0.05) is 18.6 Å². The summed E-state index contributed by atoms with van der Waals surface area (Å²) in [7, 11) is 1.51. The summed E-state index contributed by atoms with van der Waals surface area (Å²) in [6.45, 7) is 0. The van der Waals surface area contributed by atoms with Crippen LogP contribution in [0.25, 0.3) is 0 Å². The third-order valence-electron chi connectivity index (χ3n) is 3.78. The van der Waals surface area contributed by atoms with Crippen molar-refractivity contribution in [3.63, 3.8) is 0 Å². The summed E-state index contributed by atoms with van der Waals surface area (Å²) in [6, 6.07) is 12.0. The number of amides is 2. The number of benzene rings is 2. The molecule has 0 heterocycles. The molecule has 0 saturated heterocycles. The normalized spacial score (nSPS) is 11.4. The molecule has 0 spiro atoms. The van der Waals surface area contributed by atoms with Crippen LogP contribution in [0, 0.1) is 10.1 Å². The molecule has 0 aliphatic carbocycles. The van der Waals surface area contributed by atoms with E-state index in [0.29, 0.717) is 11.3 Å². The van der Waals surface area contributed by atoms with Gasteiger partial charge in [0.15, 0.2) is 0 Å². The van der Waals surface area contributed by atoms with Crippen LogP contribution in [0.2, 0.25) is 0 Å². The maximum atomic E-state index is 12.2. The Morgan fingerprint density at radius 3 is 2.62 bits per heavy atom. The molecule has 0 unspecified atom stereocenters. The van der Waals surface area contributed by atoms with Crippen LogP contribution in [0.15, 0.2) is 48.5 Å². The monoisotopic (exact) mass is 357 g/mol. The molecule has 8 heteroatoms. The zero-order valence-corrected chi connectivity index (χ0v) is 14.2. The highest BCUT2D eigenvalue weighted by Crippen LogP contribution is 2.19. The van der Waals surface area contributed by atoms with Crippen molar-refractivity contribution in [3.8, 4) is 5.75 Å². The van der Waals surface area contributed by atoms with E-state index in [-0.39, 0.29) is 18.5 Å². The number of nitrogens with zero attached hydrogens (tertiary/aromatic N) is 1. The van der Waals surface area contributed by atoms with Crippen LogP contribution in [0.3, 0.4) is 0 Å². The number of carbonyl (C=O) groups excluding carboxylic acids is 2. The van der Waals surface area contributed by atoms with Gasteiger partial charge in [-0.3, -0.25) is 19.7 Å². The van der Waals surface area contributed by atoms with Crippen LogP contribution in [0.5, 0.6) is 5.75 Å². The number of hydrogen-bond acceptors (Lipinski definition) is 5. The lowest BCUT2D eigenvalue weighted by molar-refractivity contribution is -0.384. The summed E-state index contributed by atoms with van der Waals surface area (Å²) in [5, 5.41) is 13.4. The Hall–Kier alpha value is -3.42. The van der Waals surface area contributed by atoms with E-state index < -0.39 is 22.8 Å². The molecule has 2 amide bonds. The van der Waals surface area contributed by atoms with E-state index in [0.717, 1.165) is 5.56 Å². The number of methoxy groups -OCH3 is 1. The number of nitro benzene ring substituents is 1. The lowest BCUT2D eigenvalue weighted by Gasteiger charge is -2.17. The summed E-state index contributed by atoms with van der Waals surface area (Å²) in [6.07, 6.45) is 0.0808. The summed E-state index contributed by atoms with van der Waals surface area (Å²) in [4.78, 5) is 34.2. The van der Waals surface area contributed by atoms with Crippen molar-refractivity contribution in [2.45, 2.75) is 18.9 Å². The summed E-state index contributed by atoms with van der Waals surface area (Å²) < 4.78 is 5.23. The average Bonchev–Trinajstić information content (AvgIpc) is 2.61. The van der Waals surface area contributed by atoms with E-state index >= 15 is 0 Å². The number of ether oxygens (including phenoxy) is 1. The number of nitrogens with one attached hydrogen (secondary N) is 1. The molecule has 0 saturated carbocycles. The molecule has 0 aliphatic heterocycles. The zero-order chi connectivity index (χ0) is 19.1. The highest BCUT2D eigenvalue weighted by Gasteiger charge is 2.20. The van der Waals surface area contributed by atoms with Gasteiger partial charge in [-0.2, -0.15) is 0 Å². The van der Waals surface area contributed by atoms with Crippen LogP contribution in [0.4, 0.5) is 5.69 Å². The van der Waals surface area contributed by atoms with Crippen molar-refractivity contribution in [2.24, 2.45) is 5.73 Å². The van der Waals surface area contributed by atoms with E-state index in [2.05, 4.69) is 5.32 Å². The maximum Gasteiger partial charge on any atom is 0.269 e. The van der Waals surface area contributed by atoms with Gasteiger partial charge in [-0.25, -0.2) is 0 Å². The second-order valence-electron chi connectivity index (χ2n) is 5.64. The number of primary amides is 1. The number of carbonyl (C=O) groups is 2. The Morgan fingerprint density at radius 1 is 1.23 bits per heavy atom. The van der Waals surface area contributed by atoms with Crippen molar-refractivity contribution in [1.29, 1.82) is 0 Å². The molecule has 0 aromatic heterocycles. The fraction of sp³-hybridized carbons (Fsp3) is 0.222. The Kier molecular flexibility index (Phi) is 6.26. The van der Waals surface area contributed by atoms with Gasteiger partial charge in [0.2, 0.25) is 11.8 Å². The van der Waals surface area contributed by atoms with Crippen molar-refractivity contribution in [1.82, 2.24) is 5.32 Å². The van der Waals surface area contributed by atoms with Gasteiger partial charge in [-0.15, -0.1) is 0 Å². The first-order chi connectivity index (χ1) is 12.4. The first-order valence-corrected chi connectivity index (χ1v) is 7.84. The standard InChI is InChI=1S/C18H19N3O5/c1-26-16-8-3-2-6-13(16)11-15(18(19)23)20-17(22)10-12-5-4-7-14(9-12)21(24)25/h2-9,15H,10-11H2,1H3,(H2,19,23)(H,20,22)/t15-/m1/s1. The minimum atomic E-state index is -0.919. The van der Waals surface area contributed by atoms with Gasteiger partial charge in [0.05, 0.1) is 18.5 Å². The number of para-hydroxylation sites is 1. The molecule has 26 heavy (non-hydrogen) atoms. The lowest BCUT2D eigenvalue weighted by atomic mass is 10.0. The Labute approximate surface area is 150 Å². The first-order valence-electron chi connectivity index (χ1n) is 7.84. The van der Waals surface area contributed by atoms with Crippen LogP contribution in [-0.2, 0) is 22.4 Å². The molecule has 8 nitrogen and oxygen atoms in total. The minimum Gasteiger partial charge on any atom is -0.496 e. The third-order valence-corrected chi connectivity index (χ3v) is 3.78. The van der Waals surface area contributed by atoms with E-state index in [9.17, 15) is 19.7 Å². The maximum absolute atomic E-state index is 12.2. The van der Waals surface area contributed by atoms with Gasteiger partial charge >= 0.3 is 0 Å². The Morgan fingerprint density at radius 2 is 1.96 bits per heavy atom. The van der Waals surface area contributed by atoms with E-state index in [1.807, 2.05) is 0 Å². The highest BCUT2D eigenvalue weighted by molar-refractivity contribution is 5.87. The number of non-ortho nitro benzene ring substituents is 1. The molecule has 0 radical (unpaired) electrons. The molecule has 3 N–H and O–H groups in total. The zero-order valence-electron chi connectivity index (χ0n) is 14.2. The number of hydrogen-bond donors (Lipinski definition) is 2. The molecule has 2 aromatic carbocycles. The van der Waals surface area contributed by atoms with Gasteiger partial charge in [-0.1, -0.05) is 30.3 Å². The van der Waals surface area contributed by atoms with E-state index in [1.54, 1.807) is 30.3 Å². The Bertz CT molecular complexity index is 822. The highest BCUT2D eigenvalue weighted by atomic mass is 16.6. The molecule has 1 atom stereocenters. The fourth-order valence-corrected chi connectivity index (χ4v) is 2.53. The van der Waals surface area contributed by atoms with Gasteiger partial charge in [0.25, 0.3) is 5.69 Å². The molecule has 136 valence electrons. The molecule has 2 aromatic rings. The Balaban J connectivity index is 2.07. The molecule has 0 bridgehead atoms.